The van der Waals surface area contributed by atoms with Gasteiger partial charge in [-0.25, -0.2) is 8.42 Å². The van der Waals surface area contributed by atoms with Crippen LogP contribution in [0.1, 0.15) is 36.7 Å². The van der Waals surface area contributed by atoms with Crippen molar-refractivity contribution in [1.82, 2.24) is 0 Å². The summed E-state index contributed by atoms with van der Waals surface area (Å²) in [7, 11) is -3.67. The molecule has 0 aromatic heterocycles. The Labute approximate surface area is 137 Å². The van der Waals surface area contributed by atoms with E-state index < -0.39 is 15.4 Å². The number of sulfonamides is 1. The Kier molecular flexibility index (Phi) is 4.61. The van der Waals surface area contributed by atoms with Crippen LogP contribution in [-0.2, 0) is 10.0 Å². The van der Waals surface area contributed by atoms with E-state index in [1.807, 2.05) is 27.7 Å². The molecule has 0 saturated heterocycles. The standard InChI is InChI=1S/C18H21NO3S/c1-13-8-10-16(11-9-13)23(21,22)19-15-7-5-6-14(12-15)17(20)18(2,3)4/h5-12,19H,1-4H3. The number of nitrogens with one attached hydrogen (secondary N) is 1. The lowest BCUT2D eigenvalue weighted by Gasteiger charge is -2.17. The van der Waals surface area contributed by atoms with Crippen LogP contribution in [0, 0.1) is 12.3 Å². The molecule has 0 unspecified atom stereocenters. The second-order valence-electron chi connectivity index (χ2n) is 6.58. The Balaban J connectivity index is 2.30. The summed E-state index contributed by atoms with van der Waals surface area (Å²) in [5.74, 6) is -0.0334. The van der Waals surface area contributed by atoms with Gasteiger partial charge < -0.3 is 0 Å². The molecular weight excluding hydrogens is 310 g/mol. The zero-order chi connectivity index (χ0) is 17.3. The fourth-order valence-corrected chi connectivity index (χ4v) is 3.14. The van der Waals surface area contributed by atoms with E-state index in [9.17, 15) is 13.2 Å². The van der Waals surface area contributed by atoms with Crippen LogP contribution in [0.25, 0.3) is 0 Å². The van der Waals surface area contributed by atoms with Crippen LogP contribution < -0.4 is 4.72 Å². The van der Waals surface area contributed by atoms with Gasteiger partial charge in [-0.3, -0.25) is 9.52 Å². The Morgan fingerprint density at radius 3 is 2.17 bits per heavy atom. The van der Waals surface area contributed by atoms with Crippen molar-refractivity contribution in [3.05, 3.63) is 59.7 Å². The Morgan fingerprint density at radius 1 is 1.00 bits per heavy atom. The molecule has 0 radical (unpaired) electrons. The van der Waals surface area contributed by atoms with Crippen LogP contribution in [0.2, 0.25) is 0 Å². The number of carbonyl (C=O) groups excluding carboxylic acids is 1. The minimum Gasteiger partial charge on any atom is -0.294 e. The normalized spacial score (nSPS) is 12.0. The highest BCUT2D eigenvalue weighted by Gasteiger charge is 2.23. The van der Waals surface area contributed by atoms with E-state index in [-0.39, 0.29) is 10.7 Å². The predicted octanol–water partition coefficient (Wildman–Crippen LogP) is 4.02. The van der Waals surface area contributed by atoms with Crippen molar-refractivity contribution in [3.8, 4) is 0 Å². The third-order valence-corrected chi connectivity index (χ3v) is 4.79. The van der Waals surface area contributed by atoms with Crippen molar-refractivity contribution < 1.29 is 13.2 Å². The van der Waals surface area contributed by atoms with Gasteiger partial charge in [0.2, 0.25) is 0 Å². The van der Waals surface area contributed by atoms with E-state index in [0.717, 1.165) is 5.56 Å². The Bertz CT molecular complexity index is 816. The van der Waals surface area contributed by atoms with Gasteiger partial charge in [-0.05, 0) is 31.2 Å². The monoisotopic (exact) mass is 331 g/mol. The first kappa shape index (κ1) is 17.2. The molecule has 0 heterocycles. The van der Waals surface area contributed by atoms with Gasteiger partial charge in [-0.15, -0.1) is 0 Å². The fourth-order valence-electron chi connectivity index (χ4n) is 2.09. The van der Waals surface area contributed by atoms with Gasteiger partial charge in [0, 0.05) is 16.7 Å². The first-order valence-electron chi connectivity index (χ1n) is 7.34. The summed E-state index contributed by atoms with van der Waals surface area (Å²) in [6.07, 6.45) is 0. The largest absolute Gasteiger partial charge is 0.294 e. The maximum Gasteiger partial charge on any atom is 0.261 e. The van der Waals surface area contributed by atoms with Crippen LogP contribution in [0.5, 0.6) is 0 Å². The molecule has 0 aliphatic carbocycles. The summed E-state index contributed by atoms with van der Waals surface area (Å²) in [6.45, 7) is 7.39. The molecule has 1 N–H and O–H groups in total. The van der Waals surface area contributed by atoms with Crippen LogP contribution in [0.4, 0.5) is 5.69 Å². The topological polar surface area (TPSA) is 63.2 Å². The number of hydrogen-bond donors (Lipinski definition) is 1. The van der Waals surface area contributed by atoms with Gasteiger partial charge in [0.25, 0.3) is 10.0 Å². The molecule has 0 fully saturated rings. The second-order valence-corrected chi connectivity index (χ2v) is 8.26. The lowest BCUT2D eigenvalue weighted by molar-refractivity contribution is 0.0858. The number of Topliss-reactive ketones (excluding diaryl/α,β-unsaturated/α-hetero) is 1. The second kappa shape index (κ2) is 6.16. The van der Waals surface area contributed by atoms with Crippen molar-refractivity contribution in [2.24, 2.45) is 5.41 Å². The molecule has 0 saturated carbocycles. The molecule has 5 heteroatoms. The van der Waals surface area contributed by atoms with E-state index in [4.69, 9.17) is 0 Å². The van der Waals surface area contributed by atoms with Gasteiger partial charge in [-0.1, -0.05) is 50.6 Å². The average molecular weight is 331 g/mol. The maximum atomic E-state index is 12.4. The fraction of sp³-hybridized carbons (Fsp3) is 0.278. The minimum absolute atomic E-state index is 0.0334. The molecule has 0 bridgehead atoms. The molecule has 2 rings (SSSR count). The molecule has 2 aromatic rings. The van der Waals surface area contributed by atoms with Crippen molar-refractivity contribution in [1.29, 1.82) is 0 Å². The third kappa shape index (κ3) is 4.20. The van der Waals surface area contributed by atoms with Crippen molar-refractivity contribution >= 4 is 21.5 Å². The minimum atomic E-state index is -3.67. The Morgan fingerprint density at radius 2 is 1.61 bits per heavy atom. The first-order chi connectivity index (χ1) is 10.6. The third-order valence-electron chi connectivity index (χ3n) is 3.39. The SMILES string of the molecule is Cc1ccc(S(=O)(=O)Nc2cccc(C(=O)C(C)(C)C)c2)cc1. The molecule has 0 atom stereocenters. The van der Waals surface area contributed by atoms with E-state index >= 15 is 0 Å². The molecule has 122 valence electrons. The number of rotatable bonds is 4. The number of hydrogen-bond acceptors (Lipinski definition) is 3. The summed E-state index contributed by atoms with van der Waals surface area (Å²) in [6, 6.07) is 13.2. The van der Waals surface area contributed by atoms with Crippen LogP contribution >= 0.6 is 0 Å². The lowest BCUT2D eigenvalue weighted by Crippen LogP contribution is -2.20. The van der Waals surface area contributed by atoms with Gasteiger partial charge in [0.05, 0.1) is 4.90 Å². The predicted molar refractivity (Wildman–Crippen MR) is 92.2 cm³/mol. The summed E-state index contributed by atoms with van der Waals surface area (Å²) in [5.41, 5.74) is 1.33. The number of ketones is 1. The highest BCUT2D eigenvalue weighted by atomic mass is 32.2. The molecule has 0 amide bonds. The first-order valence-corrected chi connectivity index (χ1v) is 8.82. The molecule has 4 nitrogen and oxygen atoms in total. The van der Waals surface area contributed by atoms with Gasteiger partial charge in [0.1, 0.15) is 0 Å². The van der Waals surface area contributed by atoms with Crippen molar-refractivity contribution in [3.63, 3.8) is 0 Å². The zero-order valence-corrected chi connectivity index (χ0v) is 14.6. The summed E-state index contributed by atoms with van der Waals surface area (Å²) in [5, 5.41) is 0. The number of anilines is 1. The van der Waals surface area contributed by atoms with Crippen molar-refractivity contribution in [2.45, 2.75) is 32.6 Å². The molecule has 2 aromatic carbocycles. The van der Waals surface area contributed by atoms with E-state index in [2.05, 4.69) is 4.72 Å². The van der Waals surface area contributed by atoms with Gasteiger partial charge >= 0.3 is 0 Å². The average Bonchev–Trinajstić information content (AvgIpc) is 2.45. The maximum absolute atomic E-state index is 12.4. The lowest BCUT2D eigenvalue weighted by atomic mass is 9.86. The zero-order valence-electron chi connectivity index (χ0n) is 13.8. The number of benzene rings is 2. The summed E-state index contributed by atoms with van der Waals surface area (Å²) in [4.78, 5) is 12.5. The molecular formula is C18H21NO3S. The smallest absolute Gasteiger partial charge is 0.261 e. The molecule has 23 heavy (non-hydrogen) atoms. The van der Waals surface area contributed by atoms with Gasteiger partial charge in [0.15, 0.2) is 5.78 Å². The molecule has 0 spiro atoms. The highest BCUT2D eigenvalue weighted by Crippen LogP contribution is 2.24. The van der Waals surface area contributed by atoms with E-state index in [0.29, 0.717) is 11.3 Å². The molecule has 0 aliphatic heterocycles. The molecule has 0 aliphatic rings. The van der Waals surface area contributed by atoms with Crippen molar-refractivity contribution in [2.75, 3.05) is 4.72 Å². The van der Waals surface area contributed by atoms with Crippen LogP contribution in [-0.4, -0.2) is 14.2 Å². The van der Waals surface area contributed by atoms with Gasteiger partial charge in [-0.2, -0.15) is 0 Å². The van der Waals surface area contributed by atoms with Crippen LogP contribution in [0.15, 0.2) is 53.4 Å². The Hall–Kier alpha value is -2.14. The summed E-state index contributed by atoms with van der Waals surface area (Å²) < 4.78 is 27.3. The number of carbonyl (C=O) groups is 1. The summed E-state index contributed by atoms with van der Waals surface area (Å²) >= 11 is 0. The highest BCUT2D eigenvalue weighted by molar-refractivity contribution is 7.92. The van der Waals surface area contributed by atoms with E-state index in [1.54, 1.807) is 48.5 Å². The quantitative estimate of drug-likeness (QED) is 0.861. The van der Waals surface area contributed by atoms with Crippen LogP contribution in [0.3, 0.4) is 0 Å². The number of aryl methyl sites for hydroxylation is 1. The van der Waals surface area contributed by atoms with E-state index in [1.165, 1.54) is 0 Å².